The van der Waals surface area contributed by atoms with E-state index in [0.717, 1.165) is 68.4 Å². The lowest BCUT2D eigenvalue weighted by Crippen LogP contribution is -2.49. The van der Waals surface area contributed by atoms with Crippen LogP contribution in [0, 0.1) is 5.92 Å². The SMILES string of the molecule is NC(=O)C(c1ccccc1)(c1ccccc1)C1CCC=C(CCCc2ccc3c(c2)CCO3)C1. The third-order valence-corrected chi connectivity index (χ3v) is 7.63. The van der Waals surface area contributed by atoms with Gasteiger partial charge in [0.2, 0.25) is 5.91 Å². The summed E-state index contributed by atoms with van der Waals surface area (Å²) in [6, 6.07) is 26.9. The van der Waals surface area contributed by atoms with Gasteiger partial charge in [0.1, 0.15) is 11.2 Å². The summed E-state index contributed by atoms with van der Waals surface area (Å²) in [6.45, 7) is 0.803. The number of benzene rings is 3. The van der Waals surface area contributed by atoms with Crippen molar-refractivity contribution in [2.24, 2.45) is 11.7 Å². The van der Waals surface area contributed by atoms with Crippen LogP contribution in [0.5, 0.6) is 5.75 Å². The quantitative estimate of drug-likeness (QED) is 0.418. The average Bonchev–Trinajstić information content (AvgIpc) is 3.34. The van der Waals surface area contributed by atoms with Crippen LogP contribution in [-0.2, 0) is 23.1 Å². The van der Waals surface area contributed by atoms with Crippen molar-refractivity contribution in [3.05, 3.63) is 113 Å². The summed E-state index contributed by atoms with van der Waals surface area (Å²) in [5.74, 6) is 0.939. The third-order valence-electron chi connectivity index (χ3n) is 7.63. The number of fused-ring (bicyclic) bond motifs is 1. The van der Waals surface area contributed by atoms with Crippen molar-refractivity contribution in [2.45, 2.75) is 50.4 Å². The van der Waals surface area contributed by atoms with Gasteiger partial charge in [0, 0.05) is 6.42 Å². The first-order chi connectivity index (χ1) is 16.7. The summed E-state index contributed by atoms with van der Waals surface area (Å²) in [5.41, 5.74) is 11.6. The van der Waals surface area contributed by atoms with Gasteiger partial charge in [-0.1, -0.05) is 84.4 Å². The normalized spacial score (nSPS) is 17.5. The predicted octanol–water partition coefficient (Wildman–Crippen LogP) is 6.14. The zero-order valence-electron chi connectivity index (χ0n) is 19.7. The van der Waals surface area contributed by atoms with E-state index < -0.39 is 5.41 Å². The van der Waals surface area contributed by atoms with Crippen molar-refractivity contribution in [1.29, 1.82) is 0 Å². The number of rotatable bonds is 8. The molecule has 0 saturated carbocycles. The molecule has 3 aromatic rings. The lowest BCUT2D eigenvalue weighted by atomic mass is 9.61. The Balaban J connectivity index is 1.35. The highest BCUT2D eigenvalue weighted by Gasteiger charge is 2.47. The molecule has 5 rings (SSSR count). The maximum Gasteiger partial charge on any atom is 0.232 e. The van der Waals surface area contributed by atoms with Gasteiger partial charge in [0.05, 0.1) is 6.61 Å². The molecule has 0 aromatic heterocycles. The number of primary amides is 1. The zero-order valence-corrected chi connectivity index (χ0v) is 19.7. The molecule has 0 fully saturated rings. The molecule has 3 nitrogen and oxygen atoms in total. The Bertz CT molecular complexity index is 1130. The highest BCUT2D eigenvalue weighted by atomic mass is 16.5. The lowest BCUT2D eigenvalue weighted by molar-refractivity contribution is -0.124. The minimum atomic E-state index is -0.817. The van der Waals surface area contributed by atoms with Crippen LogP contribution in [0.1, 0.15) is 54.4 Å². The molecule has 1 heterocycles. The van der Waals surface area contributed by atoms with Crippen LogP contribution in [-0.4, -0.2) is 12.5 Å². The van der Waals surface area contributed by atoms with Gasteiger partial charge in [-0.05, 0) is 72.8 Å². The van der Waals surface area contributed by atoms with E-state index in [9.17, 15) is 4.79 Å². The average molecular weight is 452 g/mol. The molecule has 0 bridgehead atoms. The first-order valence-electron chi connectivity index (χ1n) is 12.5. The van der Waals surface area contributed by atoms with E-state index in [1.807, 2.05) is 36.4 Å². The van der Waals surface area contributed by atoms with Crippen molar-refractivity contribution < 1.29 is 9.53 Å². The number of allylic oxidation sites excluding steroid dienone is 2. The van der Waals surface area contributed by atoms with Gasteiger partial charge in [0.15, 0.2) is 0 Å². The van der Waals surface area contributed by atoms with E-state index >= 15 is 0 Å². The highest BCUT2D eigenvalue weighted by Crippen LogP contribution is 2.46. The fourth-order valence-corrected chi connectivity index (χ4v) is 6.01. The van der Waals surface area contributed by atoms with Gasteiger partial charge in [-0.2, -0.15) is 0 Å². The number of hydrogen-bond acceptors (Lipinski definition) is 2. The van der Waals surface area contributed by atoms with Crippen LogP contribution in [0.4, 0.5) is 0 Å². The number of nitrogens with two attached hydrogens (primary N) is 1. The molecule has 0 radical (unpaired) electrons. The molecular formula is C31H33NO2. The molecule has 3 aromatic carbocycles. The molecule has 174 valence electrons. The van der Waals surface area contributed by atoms with E-state index in [4.69, 9.17) is 10.5 Å². The van der Waals surface area contributed by atoms with Gasteiger partial charge >= 0.3 is 0 Å². The van der Waals surface area contributed by atoms with E-state index in [1.165, 1.54) is 16.7 Å². The van der Waals surface area contributed by atoms with Crippen molar-refractivity contribution in [1.82, 2.24) is 0 Å². The first kappa shape index (κ1) is 22.5. The van der Waals surface area contributed by atoms with Crippen LogP contribution in [0.15, 0.2) is 90.5 Å². The monoisotopic (exact) mass is 451 g/mol. The molecule has 34 heavy (non-hydrogen) atoms. The summed E-state index contributed by atoms with van der Waals surface area (Å²) in [5, 5.41) is 0. The van der Waals surface area contributed by atoms with Gasteiger partial charge in [-0.25, -0.2) is 0 Å². The summed E-state index contributed by atoms with van der Waals surface area (Å²) in [4.78, 5) is 13.3. The molecule has 3 heteroatoms. The van der Waals surface area contributed by atoms with Crippen LogP contribution in [0.2, 0.25) is 0 Å². The summed E-state index contributed by atoms with van der Waals surface area (Å²) in [6.07, 6.45) is 9.50. The number of carbonyl (C=O) groups excluding carboxylic acids is 1. The third kappa shape index (κ3) is 4.27. The molecule has 1 unspecified atom stereocenters. The number of hydrogen-bond donors (Lipinski definition) is 1. The molecular weight excluding hydrogens is 418 g/mol. The van der Waals surface area contributed by atoms with E-state index in [0.29, 0.717) is 0 Å². The van der Waals surface area contributed by atoms with Crippen molar-refractivity contribution in [3.8, 4) is 5.75 Å². The predicted molar refractivity (Wildman–Crippen MR) is 137 cm³/mol. The minimum Gasteiger partial charge on any atom is -0.493 e. The highest BCUT2D eigenvalue weighted by molar-refractivity contribution is 5.91. The van der Waals surface area contributed by atoms with Crippen LogP contribution in [0.25, 0.3) is 0 Å². The van der Waals surface area contributed by atoms with Crippen molar-refractivity contribution in [3.63, 3.8) is 0 Å². The summed E-state index contributed by atoms with van der Waals surface area (Å²) in [7, 11) is 0. The van der Waals surface area contributed by atoms with Gasteiger partial charge in [0.25, 0.3) is 0 Å². The topological polar surface area (TPSA) is 52.3 Å². The van der Waals surface area contributed by atoms with E-state index in [2.05, 4.69) is 48.5 Å². The van der Waals surface area contributed by atoms with Gasteiger partial charge in [-0.15, -0.1) is 0 Å². The fourth-order valence-electron chi connectivity index (χ4n) is 6.01. The smallest absolute Gasteiger partial charge is 0.232 e. The second-order valence-electron chi connectivity index (χ2n) is 9.64. The Kier molecular flexibility index (Phi) is 6.53. The Morgan fingerprint density at radius 2 is 1.65 bits per heavy atom. The van der Waals surface area contributed by atoms with Crippen molar-refractivity contribution >= 4 is 5.91 Å². The molecule has 1 aliphatic carbocycles. The largest absolute Gasteiger partial charge is 0.493 e. The molecule has 1 atom stereocenters. The molecule has 1 amide bonds. The molecule has 1 aliphatic heterocycles. The Hall–Kier alpha value is -3.33. The van der Waals surface area contributed by atoms with E-state index in [1.54, 1.807) is 0 Å². The number of aryl methyl sites for hydroxylation is 1. The van der Waals surface area contributed by atoms with E-state index in [-0.39, 0.29) is 11.8 Å². The molecule has 0 spiro atoms. The Labute approximate surface area is 202 Å². The second-order valence-corrected chi connectivity index (χ2v) is 9.64. The van der Waals surface area contributed by atoms with Crippen LogP contribution >= 0.6 is 0 Å². The maximum absolute atomic E-state index is 13.3. The minimum absolute atomic E-state index is 0.145. The maximum atomic E-state index is 13.3. The summed E-state index contributed by atoms with van der Waals surface area (Å²) < 4.78 is 5.64. The van der Waals surface area contributed by atoms with Crippen LogP contribution in [0.3, 0.4) is 0 Å². The second kappa shape index (κ2) is 9.89. The van der Waals surface area contributed by atoms with Gasteiger partial charge < -0.3 is 10.5 Å². The molecule has 2 aliphatic rings. The zero-order chi connectivity index (χ0) is 23.4. The number of amides is 1. The van der Waals surface area contributed by atoms with Gasteiger partial charge in [-0.3, -0.25) is 4.79 Å². The Morgan fingerprint density at radius 3 is 2.32 bits per heavy atom. The standard InChI is InChI=1S/C31H33NO2/c32-30(33)31(26-12-3-1-4-13-26,27-14-5-2-6-15-27)28-16-8-11-23(22-28)9-7-10-24-17-18-29-25(21-24)19-20-34-29/h1-6,11-15,17-18,21,28H,7-10,16,19-20,22H2,(H2,32,33). The van der Waals surface area contributed by atoms with Crippen LogP contribution < -0.4 is 10.5 Å². The number of carbonyl (C=O) groups is 1. The lowest BCUT2D eigenvalue weighted by Gasteiger charge is -2.41. The molecule has 0 saturated heterocycles. The van der Waals surface area contributed by atoms with Crippen molar-refractivity contribution in [2.75, 3.05) is 6.61 Å². The summed E-state index contributed by atoms with van der Waals surface area (Å²) >= 11 is 0. The number of ether oxygens (including phenoxy) is 1. The molecule has 2 N–H and O–H groups in total. The first-order valence-corrected chi connectivity index (χ1v) is 12.5. The fraction of sp³-hybridized carbons (Fsp3) is 0.323. The Morgan fingerprint density at radius 1 is 0.941 bits per heavy atom.